The van der Waals surface area contributed by atoms with Gasteiger partial charge in [0.2, 0.25) is 17.2 Å². The number of aromatic nitrogens is 3. The number of fused-ring (bicyclic) bond motifs is 1. The molecule has 3 rings (SSSR count). The molecule has 0 saturated carbocycles. The highest BCUT2D eigenvalue weighted by Gasteiger charge is 2.12. The van der Waals surface area contributed by atoms with Crippen LogP contribution in [0, 0.1) is 0 Å². The van der Waals surface area contributed by atoms with Crippen LogP contribution >= 0.6 is 11.6 Å². The summed E-state index contributed by atoms with van der Waals surface area (Å²) < 4.78 is 0. The summed E-state index contributed by atoms with van der Waals surface area (Å²) in [6.07, 6.45) is 3.56. The second-order valence-electron chi connectivity index (χ2n) is 5.08. The van der Waals surface area contributed by atoms with E-state index in [-0.39, 0.29) is 5.28 Å². The summed E-state index contributed by atoms with van der Waals surface area (Å²) in [5.74, 6) is 1.00. The Kier molecular flexibility index (Phi) is 3.44. The Morgan fingerprint density at radius 2 is 1.90 bits per heavy atom. The molecule has 1 aliphatic carbocycles. The molecule has 20 heavy (non-hydrogen) atoms. The zero-order valence-corrected chi connectivity index (χ0v) is 12.3. The fourth-order valence-electron chi connectivity index (χ4n) is 2.37. The Balaban J connectivity index is 1.87. The second kappa shape index (κ2) is 5.25. The number of nitrogens with one attached hydrogen (secondary N) is 1. The highest BCUT2D eigenvalue weighted by molar-refractivity contribution is 6.28. The van der Waals surface area contributed by atoms with Crippen LogP contribution in [0.1, 0.15) is 17.5 Å². The van der Waals surface area contributed by atoms with Crippen molar-refractivity contribution in [2.45, 2.75) is 19.3 Å². The normalized spacial score (nSPS) is 13.2. The van der Waals surface area contributed by atoms with Gasteiger partial charge < -0.3 is 10.2 Å². The van der Waals surface area contributed by atoms with Gasteiger partial charge in [0.05, 0.1) is 0 Å². The van der Waals surface area contributed by atoms with E-state index < -0.39 is 0 Å². The Morgan fingerprint density at radius 1 is 1.10 bits per heavy atom. The lowest BCUT2D eigenvalue weighted by atomic mass is 10.1. The molecule has 0 unspecified atom stereocenters. The number of nitrogens with zero attached hydrogens (tertiary/aromatic N) is 4. The molecule has 0 spiro atoms. The molecule has 0 bridgehead atoms. The van der Waals surface area contributed by atoms with Gasteiger partial charge in [0.1, 0.15) is 0 Å². The molecule has 104 valence electrons. The van der Waals surface area contributed by atoms with Crippen LogP contribution in [-0.4, -0.2) is 29.0 Å². The molecule has 2 aromatic rings. The molecule has 1 heterocycles. The van der Waals surface area contributed by atoms with Crippen molar-refractivity contribution in [3.63, 3.8) is 0 Å². The molecule has 0 aliphatic heterocycles. The summed E-state index contributed by atoms with van der Waals surface area (Å²) in [5, 5.41) is 3.38. The molecule has 5 nitrogen and oxygen atoms in total. The summed E-state index contributed by atoms with van der Waals surface area (Å²) >= 11 is 5.93. The number of rotatable bonds is 3. The van der Waals surface area contributed by atoms with E-state index in [0.717, 1.165) is 12.1 Å². The van der Waals surface area contributed by atoms with Crippen LogP contribution in [0.4, 0.5) is 17.6 Å². The SMILES string of the molecule is CN(C)c1nc(Cl)nc(Nc2ccc3c(c2)CCC3)n1. The lowest BCUT2D eigenvalue weighted by Gasteiger charge is -2.12. The van der Waals surface area contributed by atoms with Crippen LogP contribution in [0.5, 0.6) is 0 Å². The molecular formula is C14H16ClN5. The minimum absolute atomic E-state index is 0.187. The number of anilines is 3. The van der Waals surface area contributed by atoms with Crippen LogP contribution in [0.2, 0.25) is 5.28 Å². The van der Waals surface area contributed by atoms with Crippen LogP contribution in [0.25, 0.3) is 0 Å². The minimum Gasteiger partial charge on any atom is -0.347 e. The average Bonchev–Trinajstić information content (AvgIpc) is 2.85. The Hall–Kier alpha value is -1.88. The predicted octanol–water partition coefficient (Wildman–Crippen LogP) is 2.82. The van der Waals surface area contributed by atoms with Gasteiger partial charge in [0.15, 0.2) is 0 Å². The summed E-state index contributed by atoms with van der Waals surface area (Å²) in [7, 11) is 3.73. The third-order valence-electron chi connectivity index (χ3n) is 3.35. The van der Waals surface area contributed by atoms with E-state index >= 15 is 0 Å². The molecule has 0 atom stereocenters. The minimum atomic E-state index is 0.187. The first-order valence-corrected chi connectivity index (χ1v) is 6.97. The molecule has 0 fully saturated rings. The fourth-order valence-corrected chi connectivity index (χ4v) is 2.53. The number of aryl methyl sites for hydroxylation is 2. The summed E-state index contributed by atoms with van der Waals surface area (Å²) in [6, 6.07) is 6.38. The number of halogens is 1. The molecule has 6 heteroatoms. The maximum atomic E-state index is 5.93. The zero-order chi connectivity index (χ0) is 14.1. The largest absolute Gasteiger partial charge is 0.347 e. The predicted molar refractivity (Wildman–Crippen MR) is 80.9 cm³/mol. The van der Waals surface area contributed by atoms with Crippen molar-refractivity contribution < 1.29 is 0 Å². The van der Waals surface area contributed by atoms with E-state index in [1.807, 2.05) is 14.1 Å². The smallest absolute Gasteiger partial charge is 0.233 e. The van der Waals surface area contributed by atoms with E-state index in [1.165, 1.54) is 24.0 Å². The molecule has 1 aliphatic rings. The van der Waals surface area contributed by atoms with Crippen molar-refractivity contribution in [3.05, 3.63) is 34.6 Å². The summed E-state index contributed by atoms with van der Waals surface area (Å²) in [5.41, 5.74) is 3.83. The van der Waals surface area contributed by atoms with E-state index in [4.69, 9.17) is 11.6 Å². The lowest BCUT2D eigenvalue weighted by molar-refractivity contribution is 0.912. The Labute approximate surface area is 123 Å². The molecule has 1 N–H and O–H groups in total. The number of benzene rings is 1. The van der Waals surface area contributed by atoms with Crippen molar-refractivity contribution in [2.75, 3.05) is 24.3 Å². The maximum absolute atomic E-state index is 5.93. The molecule has 0 amide bonds. The quantitative estimate of drug-likeness (QED) is 0.941. The first-order valence-electron chi connectivity index (χ1n) is 6.59. The van der Waals surface area contributed by atoms with Gasteiger partial charge in [-0.25, -0.2) is 0 Å². The molecule has 1 aromatic carbocycles. The van der Waals surface area contributed by atoms with Gasteiger partial charge in [-0.15, -0.1) is 0 Å². The van der Waals surface area contributed by atoms with Crippen LogP contribution in [0.3, 0.4) is 0 Å². The van der Waals surface area contributed by atoms with Gasteiger partial charge in [0, 0.05) is 19.8 Å². The topological polar surface area (TPSA) is 53.9 Å². The third-order valence-corrected chi connectivity index (χ3v) is 3.52. The second-order valence-corrected chi connectivity index (χ2v) is 5.42. The van der Waals surface area contributed by atoms with E-state index in [0.29, 0.717) is 11.9 Å². The first kappa shape index (κ1) is 13.1. The molecule has 0 saturated heterocycles. The van der Waals surface area contributed by atoms with E-state index in [1.54, 1.807) is 4.90 Å². The van der Waals surface area contributed by atoms with Crippen molar-refractivity contribution in [2.24, 2.45) is 0 Å². The number of hydrogen-bond acceptors (Lipinski definition) is 5. The molecule has 1 aromatic heterocycles. The van der Waals surface area contributed by atoms with Crippen LogP contribution in [0.15, 0.2) is 18.2 Å². The fraction of sp³-hybridized carbons (Fsp3) is 0.357. The van der Waals surface area contributed by atoms with Crippen molar-refractivity contribution in [1.82, 2.24) is 15.0 Å². The van der Waals surface area contributed by atoms with Gasteiger partial charge in [-0.3, -0.25) is 0 Å². The Bertz CT molecular complexity index is 641. The van der Waals surface area contributed by atoms with E-state index in [9.17, 15) is 0 Å². The number of hydrogen-bond donors (Lipinski definition) is 1. The molecule has 0 radical (unpaired) electrons. The standard InChI is InChI=1S/C14H16ClN5/c1-20(2)14-18-12(15)17-13(19-14)16-11-7-6-9-4-3-5-10(9)8-11/h6-8H,3-5H2,1-2H3,(H,16,17,18,19). The van der Waals surface area contributed by atoms with Gasteiger partial charge in [-0.05, 0) is 54.1 Å². The zero-order valence-electron chi connectivity index (χ0n) is 11.5. The first-order chi connectivity index (χ1) is 9.61. The van der Waals surface area contributed by atoms with Gasteiger partial charge in [0.25, 0.3) is 0 Å². The van der Waals surface area contributed by atoms with Crippen molar-refractivity contribution in [3.8, 4) is 0 Å². The summed E-state index contributed by atoms with van der Waals surface area (Å²) in [6.45, 7) is 0. The van der Waals surface area contributed by atoms with Crippen LogP contribution in [-0.2, 0) is 12.8 Å². The Morgan fingerprint density at radius 3 is 2.70 bits per heavy atom. The monoisotopic (exact) mass is 289 g/mol. The van der Waals surface area contributed by atoms with E-state index in [2.05, 4.69) is 38.5 Å². The van der Waals surface area contributed by atoms with Crippen molar-refractivity contribution in [1.29, 1.82) is 0 Å². The molecular weight excluding hydrogens is 274 g/mol. The van der Waals surface area contributed by atoms with Crippen molar-refractivity contribution >= 4 is 29.2 Å². The van der Waals surface area contributed by atoms with Crippen LogP contribution < -0.4 is 10.2 Å². The maximum Gasteiger partial charge on any atom is 0.233 e. The lowest BCUT2D eigenvalue weighted by Crippen LogP contribution is -2.14. The third kappa shape index (κ3) is 2.67. The highest BCUT2D eigenvalue weighted by Crippen LogP contribution is 2.26. The highest BCUT2D eigenvalue weighted by atomic mass is 35.5. The summed E-state index contributed by atoms with van der Waals surface area (Å²) in [4.78, 5) is 14.3. The average molecular weight is 290 g/mol. The van der Waals surface area contributed by atoms with Gasteiger partial charge >= 0.3 is 0 Å². The van der Waals surface area contributed by atoms with Gasteiger partial charge in [-0.1, -0.05) is 6.07 Å². The van der Waals surface area contributed by atoms with Gasteiger partial charge in [-0.2, -0.15) is 15.0 Å².